The van der Waals surface area contributed by atoms with Crippen LogP contribution in [-0.2, 0) is 20.8 Å². The standard InChI is InChI=1S/C26H31N3O5/c1-26(2,3)34-25(31)29(21-8-6-20(7-9-21)28-11-13-33-14-12-28)17-19-16-27-23-15-18(24(30)32-4)5-10-22(19)23/h5-10,15-16,27H,11-14,17H2,1-4H3. The van der Waals surface area contributed by atoms with Crippen molar-refractivity contribution in [1.29, 1.82) is 0 Å². The summed E-state index contributed by atoms with van der Waals surface area (Å²) in [7, 11) is 1.36. The van der Waals surface area contributed by atoms with E-state index >= 15 is 0 Å². The number of carbonyl (C=O) groups is 2. The maximum atomic E-state index is 13.2. The first-order valence-corrected chi connectivity index (χ1v) is 11.4. The zero-order chi connectivity index (χ0) is 24.3. The minimum absolute atomic E-state index is 0.309. The Hall–Kier alpha value is -3.52. The maximum Gasteiger partial charge on any atom is 0.415 e. The van der Waals surface area contributed by atoms with E-state index in [-0.39, 0.29) is 0 Å². The Balaban J connectivity index is 1.63. The van der Waals surface area contributed by atoms with E-state index in [0.29, 0.717) is 25.3 Å². The van der Waals surface area contributed by atoms with E-state index in [1.807, 2.05) is 57.3 Å². The van der Waals surface area contributed by atoms with Crippen LogP contribution in [0.4, 0.5) is 16.2 Å². The third-order valence-corrected chi connectivity index (χ3v) is 5.67. The Bertz CT molecular complexity index is 1160. The Morgan fingerprint density at radius 2 is 1.79 bits per heavy atom. The van der Waals surface area contributed by atoms with Crippen LogP contribution in [0.3, 0.4) is 0 Å². The molecule has 3 aromatic rings. The highest BCUT2D eigenvalue weighted by Crippen LogP contribution is 2.28. The van der Waals surface area contributed by atoms with Gasteiger partial charge in [-0.05, 0) is 62.7 Å². The van der Waals surface area contributed by atoms with Crippen molar-refractivity contribution in [2.24, 2.45) is 0 Å². The summed E-state index contributed by atoms with van der Waals surface area (Å²) in [6, 6.07) is 13.3. The highest BCUT2D eigenvalue weighted by Gasteiger charge is 2.25. The second-order valence-corrected chi connectivity index (χ2v) is 9.25. The van der Waals surface area contributed by atoms with Gasteiger partial charge in [0, 0.05) is 41.6 Å². The van der Waals surface area contributed by atoms with Crippen molar-refractivity contribution in [3.63, 3.8) is 0 Å². The SMILES string of the molecule is COC(=O)c1ccc2c(CN(C(=O)OC(C)(C)C)c3ccc(N4CCOCC4)cc3)c[nH]c2c1. The number of hydrogen-bond acceptors (Lipinski definition) is 6. The van der Waals surface area contributed by atoms with Crippen molar-refractivity contribution >= 4 is 34.3 Å². The first kappa shape index (κ1) is 23.6. The number of carbonyl (C=O) groups excluding carboxylic acids is 2. The number of H-pyrrole nitrogens is 1. The molecule has 1 aromatic heterocycles. The van der Waals surface area contributed by atoms with Crippen LogP contribution in [0.15, 0.2) is 48.7 Å². The van der Waals surface area contributed by atoms with Crippen LogP contribution in [0, 0.1) is 0 Å². The molecule has 180 valence electrons. The summed E-state index contributed by atoms with van der Waals surface area (Å²) in [5.74, 6) is -0.395. The second kappa shape index (κ2) is 9.77. The molecule has 0 bridgehead atoms. The van der Waals surface area contributed by atoms with Crippen molar-refractivity contribution in [3.05, 3.63) is 59.8 Å². The van der Waals surface area contributed by atoms with Gasteiger partial charge in [0.2, 0.25) is 0 Å². The van der Waals surface area contributed by atoms with Gasteiger partial charge >= 0.3 is 12.1 Å². The van der Waals surface area contributed by atoms with Crippen molar-refractivity contribution in [2.75, 3.05) is 43.2 Å². The molecule has 1 N–H and O–H groups in total. The van der Waals surface area contributed by atoms with Crippen molar-refractivity contribution in [3.8, 4) is 0 Å². The van der Waals surface area contributed by atoms with E-state index in [0.717, 1.165) is 40.9 Å². The van der Waals surface area contributed by atoms with E-state index in [2.05, 4.69) is 9.88 Å². The van der Waals surface area contributed by atoms with E-state index in [9.17, 15) is 9.59 Å². The van der Waals surface area contributed by atoms with Gasteiger partial charge in [0.05, 0.1) is 32.4 Å². The number of benzene rings is 2. The summed E-state index contributed by atoms with van der Waals surface area (Å²) in [5, 5.41) is 0.922. The molecule has 2 aromatic carbocycles. The summed E-state index contributed by atoms with van der Waals surface area (Å²) < 4.78 is 16.0. The molecule has 1 aliphatic rings. The molecule has 0 spiro atoms. The number of methoxy groups -OCH3 is 1. The normalized spacial score (nSPS) is 14.2. The van der Waals surface area contributed by atoms with Crippen LogP contribution < -0.4 is 9.80 Å². The lowest BCUT2D eigenvalue weighted by Gasteiger charge is -2.30. The molecular weight excluding hydrogens is 434 g/mol. The maximum absolute atomic E-state index is 13.2. The van der Waals surface area contributed by atoms with Gasteiger partial charge in [0.1, 0.15) is 5.60 Å². The summed E-state index contributed by atoms with van der Waals surface area (Å²) in [5.41, 5.74) is 3.38. The molecule has 4 rings (SSSR count). The van der Waals surface area contributed by atoms with Gasteiger partial charge in [0.15, 0.2) is 0 Å². The quantitative estimate of drug-likeness (QED) is 0.549. The van der Waals surface area contributed by atoms with Gasteiger partial charge in [-0.3, -0.25) is 4.90 Å². The van der Waals surface area contributed by atoms with Crippen molar-refractivity contribution < 1.29 is 23.8 Å². The zero-order valence-corrected chi connectivity index (χ0v) is 20.1. The zero-order valence-electron chi connectivity index (χ0n) is 20.1. The molecule has 0 radical (unpaired) electrons. The van der Waals surface area contributed by atoms with E-state index in [1.54, 1.807) is 17.0 Å². The average molecular weight is 466 g/mol. The fourth-order valence-electron chi connectivity index (χ4n) is 3.98. The first-order valence-electron chi connectivity index (χ1n) is 11.4. The molecule has 34 heavy (non-hydrogen) atoms. The minimum atomic E-state index is -0.626. The van der Waals surface area contributed by atoms with E-state index in [1.165, 1.54) is 7.11 Å². The van der Waals surface area contributed by atoms with E-state index in [4.69, 9.17) is 14.2 Å². The number of nitrogens with one attached hydrogen (secondary N) is 1. The molecule has 0 aliphatic carbocycles. The number of hydrogen-bond donors (Lipinski definition) is 1. The summed E-state index contributed by atoms with van der Waals surface area (Å²) in [6.45, 7) is 8.98. The number of morpholine rings is 1. The summed E-state index contributed by atoms with van der Waals surface area (Å²) >= 11 is 0. The Labute approximate surface area is 199 Å². The molecule has 0 saturated carbocycles. The fraction of sp³-hybridized carbons (Fsp3) is 0.385. The lowest BCUT2D eigenvalue weighted by Crippen LogP contribution is -2.37. The monoisotopic (exact) mass is 465 g/mol. The number of ether oxygens (including phenoxy) is 3. The molecule has 8 heteroatoms. The molecule has 1 saturated heterocycles. The number of amides is 1. The first-order chi connectivity index (χ1) is 16.2. The van der Waals surface area contributed by atoms with Crippen LogP contribution in [-0.4, -0.2) is 56.1 Å². The van der Waals surface area contributed by atoms with Crippen molar-refractivity contribution in [2.45, 2.75) is 32.9 Å². The van der Waals surface area contributed by atoms with Gasteiger partial charge < -0.3 is 24.1 Å². The number of rotatable bonds is 5. The number of fused-ring (bicyclic) bond motifs is 1. The Kier molecular flexibility index (Phi) is 6.79. The van der Waals surface area contributed by atoms with Gasteiger partial charge in [-0.15, -0.1) is 0 Å². The summed E-state index contributed by atoms with van der Waals surface area (Å²) in [4.78, 5) is 32.2. The van der Waals surface area contributed by atoms with Crippen LogP contribution in [0.1, 0.15) is 36.7 Å². The minimum Gasteiger partial charge on any atom is -0.465 e. The number of aromatic amines is 1. The fourth-order valence-corrected chi connectivity index (χ4v) is 3.98. The largest absolute Gasteiger partial charge is 0.465 e. The number of nitrogens with zero attached hydrogens (tertiary/aromatic N) is 2. The lowest BCUT2D eigenvalue weighted by molar-refractivity contribution is 0.0574. The third-order valence-electron chi connectivity index (χ3n) is 5.67. The number of anilines is 2. The van der Waals surface area contributed by atoms with Gasteiger partial charge in [-0.1, -0.05) is 6.07 Å². The third kappa shape index (κ3) is 5.34. The molecule has 1 aliphatic heterocycles. The molecule has 1 fully saturated rings. The predicted molar refractivity (Wildman–Crippen MR) is 132 cm³/mol. The predicted octanol–water partition coefficient (Wildman–Crippen LogP) is 4.73. The average Bonchev–Trinajstić information content (AvgIpc) is 3.23. The molecule has 0 unspecified atom stereocenters. The van der Waals surface area contributed by atoms with Crippen LogP contribution in [0.25, 0.3) is 10.9 Å². The molecule has 1 amide bonds. The van der Waals surface area contributed by atoms with Gasteiger partial charge in [-0.25, -0.2) is 9.59 Å². The lowest BCUT2D eigenvalue weighted by atomic mass is 10.1. The Morgan fingerprint density at radius 1 is 1.09 bits per heavy atom. The van der Waals surface area contributed by atoms with Crippen LogP contribution in [0.2, 0.25) is 0 Å². The molecule has 2 heterocycles. The molecule has 0 atom stereocenters. The van der Waals surface area contributed by atoms with Gasteiger partial charge in [-0.2, -0.15) is 0 Å². The van der Waals surface area contributed by atoms with Crippen LogP contribution >= 0.6 is 0 Å². The molecular formula is C26H31N3O5. The number of aromatic nitrogens is 1. The highest BCUT2D eigenvalue weighted by molar-refractivity contribution is 5.96. The number of esters is 1. The Morgan fingerprint density at radius 3 is 2.44 bits per heavy atom. The topological polar surface area (TPSA) is 84.1 Å². The molecule has 8 nitrogen and oxygen atoms in total. The van der Waals surface area contributed by atoms with Gasteiger partial charge in [0.25, 0.3) is 0 Å². The second-order valence-electron chi connectivity index (χ2n) is 9.25. The summed E-state index contributed by atoms with van der Waals surface area (Å²) in [6.07, 6.45) is 1.43. The highest BCUT2D eigenvalue weighted by atomic mass is 16.6. The van der Waals surface area contributed by atoms with Crippen molar-refractivity contribution in [1.82, 2.24) is 4.98 Å². The smallest absolute Gasteiger partial charge is 0.415 e. The van der Waals surface area contributed by atoms with Crippen LogP contribution in [0.5, 0.6) is 0 Å². The van der Waals surface area contributed by atoms with E-state index < -0.39 is 17.7 Å².